The van der Waals surface area contributed by atoms with Crippen LogP contribution in [0.1, 0.15) is 42.8 Å². The Morgan fingerprint density at radius 1 is 1.17 bits per heavy atom. The first kappa shape index (κ1) is 33.8. The van der Waals surface area contributed by atoms with Gasteiger partial charge in [-0.2, -0.15) is 9.78 Å². The number of rotatable bonds is 10. The number of likely N-dealkylation sites (tertiary alicyclic amines) is 1. The van der Waals surface area contributed by atoms with E-state index in [9.17, 15) is 14.4 Å². The second-order valence-electron chi connectivity index (χ2n) is 12.4. The molecular formula is C34H39InN6O4S2. The molecule has 0 radical (unpaired) electrons. The van der Waals surface area contributed by atoms with Gasteiger partial charge < -0.3 is 0 Å². The molecule has 1 fully saturated rings. The molecule has 244 valence electrons. The Morgan fingerprint density at radius 3 is 2.74 bits per heavy atom. The van der Waals surface area contributed by atoms with Gasteiger partial charge in [-0.1, -0.05) is 0 Å². The van der Waals surface area contributed by atoms with Gasteiger partial charge in [0.25, 0.3) is 5.56 Å². The van der Waals surface area contributed by atoms with Crippen LogP contribution in [0.2, 0.25) is 0 Å². The summed E-state index contributed by atoms with van der Waals surface area (Å²) in [5.41, 5.74) is 3.97. The first-order valence-electron chi connectivity index (χ1n) is 15.9. The van der Waals surface area contributed by atoms with E-state index in [1.165, 1.54) is 27.7 Å². The summed E-state index contributed by atoms with van der Waals surface area (Å²) in [7, 11) is 0. The molecule has 3 aliphatic rings. The molecule has 0 aromatic carbocycles. The van der Waals surface area contributed by atoms with Crippen molar-refractivity contribution in [3.63, 3.8) is 0 Å². The molecule has 10 nitrogen and oxygen atoms in total. The summed E-state index contributed by atoms with van der Waals surface area (Å²) in [6.45, 7) is 8.58. The minimum absolute atomic E-state index is 0.0420. The molecule has 0 unspecified atom stereocenters. The predicted octanol–water partition coefficient (Wildman–Crippen LogP) is 3.66. The van der Waals surface area contributed by atoms with E-state index in [-0.39, 0.29) is 23.5 Å². The van der Waals surface area contributed by atoms with Crippen molar-refractivity contribution in [2.45, 2.75) is 44.5 Å². The van der Waals surface area contributed by atoms with E-state index in [1.54, 1.807) is 17.8 Å². The number of pyridine rings is 1. The van der Waals surface area contributed by atoms with Gasteiger partial charge in [0.05, 0.1) is 5.69 Å². The average molecular weight is 775 g/mol. The van der Waals surface area contributed by atoms with Gasteiger partial charge in [-0.05, 0) is 25.1 Å². The van der Waals surface area contributed by atoms with Gasteiger partial charge in [-0.15, -0.1) is 11.3 Å². The molecule has 6 rings (SSSR count). The normalized spacial score (nSPS) is 19.7. The number of aromatic nitrogens is 3. The number of ether oxygens (including phenoxy) is 1. The molecule has 1 N–H and O–H groups in total. The van der Waals surface area contributed by atoms with Gasteiger partial charge >= 0.3 is 218 Å². The molecule has 2 amide bonds. The molecule has 1 atom stereocenters. The third kappa shape index (κ3) is 7.79. The third-order valence-electron chi connectivity index (χ3n) is 8.66. The minimum atomic E-state index is -1.46. The summed E-state index contributed by atoms with van der Waals surface area (Å²) < 4.78 is 9.91. The Hall–Kier alpha value is -3.13. The van der Waals surface area contributed by atoms with E-state index in [4.69, 9.17) is 4.74 Å². The van der Waals surface area contributed by atoms with Crippen molar-refractivity contribution in [3.8, 4) is 10.9 Å². The Bertz CT molecular complexity index is 1810. The van der Waals surface area contributed by atoms with Crippen LogP contribution in [0.25, 0.3) is 16.1 Å². The monoisotopic (exact) mass is 774 g/mol. The van der Waals surface area contributed by atoms with Gasteiger partial charge in [0, 0.05) is 10.9 Å². The van der Waals surface area contributed by atoms with Crippen LogP contribution in [0.15, 0.2) is 66.8 Å². The number of allylic oxidation sites excluding steroid dienone is 2. The van der Waals surface area contributed by atoms with Crippen LogP contribution in [0.4, 0.5) is 0 Å². The zero-order chi connectivity index (χ0) is 33.1. The zero-order valence-electron chi connectivity index (χ0n) is 27.2. The first-order chi connectivity index (χ1) is 22.6. The van der Waals surface area contributed by atoms with Crippen LogP contribution >= 0.6 is 23.1 Å². The Kier molecular flexibility index (Phi) is 10.5. The molecular weight excluding hydrogens is 735 g/mol. The first-order valence-corrected chi connectivity index (χ1v) is 22.3. The second kappa shape index (κ2) is 14.6. The van der Waals surface area contributed by atoms with Gasteiger partial charge in [-0.25, -0.2) is 0 Å². The number of thioether (sulfide) groups is 1. The molecule has 0 spiro atoms. The van der Waals surface area contributed by atoms with Gasteiger partial charge in [0.1, 0.15) is 5.00 Å². The van der Waals surface area contributed by atoms with Crippen molar-refractivity contribution in [1.29, 1.82) is 0 Å². The van der Waals surface area contributed by atoms with Gasteiger partial charge in [0.2, 0.25) is 0 Å². The molecule has 3 aliphatic heterocycles. The number of carbonyl (C=O) groups is 2. The summed E-state index contributed by atoms with van der Waals surface area (Å²) >= 11 is 1.66. The molecule has 13 heteroatoms. The maximum absolute atomic E-state index is 13.6. The Balaban J connectivity index is 1.01. The SMILES string of the molecule is CS[C@@]1(C(=O)N[C]2=CC(c3ccc(OC(C)C)nc3)=[CH][InH]2)CCN(CC(=O)N2CC=C(c3ccc(-n4nc(C)ccc4=O)s3)CC2)C1. The van der Waals surface area contributed by atoms with E-state index in [0.29, 0.717) is 45.0 Å². The molecule has 0 bridgehead atoms. The van der Waals surface area contributed by atoms with E-state index >= 15 is 0 Å². The van der Waals surface area contributed by atoms with Crippen LogP contribution in [0.5, 0.6) is 5.88 Å². The molecule has 0 saturated carbocycles. The topological polar surface area (TPSA) is 110 Å². The van der Waals surface area contributed by atoms with E-state index in [0.717, 1.165) is 36.6 Å². The van der Waals surface area contributed by atoms with Crippen molar-refractivity contribution < 1.29 is 14.3 Å². The summed E-state index contributed by atoms with van der Waals surface area (Å²) in [6, 6.07) is 11.1. The second-order valence-corrected chi connectivity index (χ2v) is 19.1. The van der Waals surface area contributed by atoms with Crippen LogP contribution in [-0.2, 0) is 9.59 Å². The van der Waals surface area contributed by atoms with Crippen LogP contribution in [-0.4, -0.2) is 109 Å². The molecule has 3 aromatic heterocycles. The number of carbonyl (C=O) groups excluding carboxylic acids is 2. The maximum atomic E-state index is 13.6. The van der Waals surface area contributed by atoms with Crippen molar-refractivity contribution in [1.82, 2.24) is 29.9 Å². The van der Waals surface area contributed by atoms with Crippen molar-refractivity contribution in [2.24, 2.45) is 0 Å². The molecule has 6 heterocycles. The number of hydrogen-bond acceptors (Lipinski definition) is 9. The van der Waals surface area contributed by atoms with Crippen LogP contribution in [0.3, 0.4) is 0 Å². The third-order valence-corrected chi connectivity index (χ3v) is 15.3. The Morgan fingerprint density at radius 2 is 2.02 bits per heavy atom. The van der Waals surface area contributed by atoms with Crippen LogP contribution < -0.4 is 15.6 Å². The average Bonchev–Trinajstić information content (AvgIpc) is 3.83. The van der Waals surface area contributed by atoms with Crippen molar-refractivity contribution in [3.05, 3.63) is 88.5 Å². The fourth-order valence-electron chi connectivity index (χ4n) is 6.06. The fourth-order valence-corrected chi connectivity index (χ4v) is 11.9. The summed E-state index contributed by atoms with van der Waals surface area (Å²) in [6.07, 6.45) is 9.57. The molecule has 1 saturated heterocycles. The standard InChI is InChI=1S/C34H38N6O4S2.In.H/c1-23(2)44-29-9-7-27(20-36-29)24(3)12-16-35-33(43)34(45-5)15-19-38(22-34)21-31(42)39-17-13-26(14-18-39)28-8-11-32(46-28)40-30(41)10-6-25(4)37-40;;/h3,6-13,20,23H,14-15,17-19,21-22H2,1-2,4-5H3,(H,35,43);;/t34-;;/m0../s1. The summed E-state index contributed by atoms with van der Waals surface area (Å²) in [5.74, 6) is 0.738. The van der Waals surface area contributed by atoms with Crippen molar-refractivity contribution >= 4 is 69.0 Å². The van der Waals surface area contributed by atoms with Crippen LogP contribution in [0, 0.1) is 6.92 Å². The van der Waals surface area contributed by atoms with Gasteiger partial charge in [0.15, 0.2) is 0 Å². The van der Waals surface area contributed by atoms with E-state index < -0.39 is 27.7 Å². The molecule has 0 aliphatic carbocycles. The Labute approximate surface area is 294 Å². The zero-order valence-corrected chi connectivity index (χ0v) is 32.9. The van der Waals surface area contributed by atoms with E-state index in [1.807, 2.05) is 62.4 Å². The number of nitrogens with one attached hydrogen (secondary N) is 1. The molecule has 47 heavy (non-hydrogen) atoms. The number of nitrogens with zero attached hydrogens (tertiary/aromatic N) is 5. The van der Waals surface area contributed by atoms with Gasteiger partial charge in [-0.3, -0.25) is 4.79 Å². The molecule has 3 aromatic rings. The number of thiophene rings is 1. The number of amides is 2. The van der Waals surface area contributed by atoms with Crippen molar-refractivity contribution in [2.75, 3.05) is 39.0 Å². The summed E-state index contributed by atoms with van der Waals surface area (Å²) in [4.78, 5) is 48.8. The number of hydrogen-bond donors (Lipinski definition) is 1. The fraction of sp³-hybridized carbons (Fsp3) is 0.382. The summed E-state index contributed by atoms with van der Waals surface area (Å²) in [5, 5.41) is 8.42. The predicted molar refractivity (Wildman–Crippen MR) is 190 cm³/mol. The number of aryl methyl sites for hydroxylation is 1. The quantitative estimate of drug-likeness (QED) is 0.333. The van der Waals surface area contributed by atoms with E-state index in [2.05, 4.69) is 36.3 Å².